The molecule has 2 rings (SSSR count). The van der Waals surface area contributed by atoms with E-state index < -0.39 is 17.9 Å². The Kier molecular flexibility index (Phi) is 6.13. The smallest absolute Gasteiger partial charge is 0.288 e. The first-order valence-electron chi connectivity index (χ1n) is 7.51. The number of pyridine rings is 1. The van der Waals surface area contributed by atoms with Crippen molar-refractivity contribution in [2.24, 2.45) is 0 Å². The Bertz CT molecular complexity index is 674. The van der Waals surface area contributed by atoms with Gasteiger partial charge in [-0.15, -0.1) is 0 Å². The van der Waals surface area contributed by atoms with E-state index in [9.17, 15) is 9.59 Å². The summed E-state index contributed by atoms with van der Waals surface area (Å²) in [5.41, 5.74) is 4.80. The van der Waals surface area contributed by atoms with Crippen LogP contribution in [0.1, 0.15) is 24.3 Å². The summed E-state index contributed by atoms with van der Waals surface area (Å²) in [5.74, 6) is 0.270. The monoisotopic (exact) mass is 329 g/mol. The van der Waals surface area contributed by atoms with Crippen molar-refractivity contribution < 1.29 is 19.1 Å². The molecule has 0 fully saturated rings. The number of nitrogens with zero attached hydrogens (tertiary/aromatic N) is 1. The number of aromatic nitrogens is 1. The molecule has 2 amide bonds. The highest BCUT2D eigenvalue weighted by Crippen LogP contribution is 2.18. The molecule has 2 aromatic rings. The van der Waals surface area contributed by atoms with Gasteiger partial charge in [0.15, 0.2) is 6.10 Å². The molecule has 0 aliphatic rings. The number of benzene rings is 1. The molecule has 0 bridgehead atoms. The summed E-state index contributed by atoms with van der Waals surface area (Å²) in [4.78, 5) is 27.6. The van der Waals surface area contributed by atoms with Crippen molar-refractivity contribution in [2.75, 3.05) is 6.61 Å². The van der Waals surface area contributed by atoms with E-state index in [2.05, 4.69) is 15.8 Å². The highest BCUT2D eigenvalue weighted by atomic mass is 16.5. The maximum absolute atomic E-state index is 12.0. The normalized spacial score (nSPS) is 11.2. The van der Waals surface area contributed by atoms with Crippen LogP contribution in [-0.4, -0.2) is 29.5 Å². The summed E-state index contributed by atoms with van der Waals surface area (Å²) in [7, 11) is 0. The lowest BCUT2D eigenvalue weighted by Gasteiger charge is -2.15. The molecule has 1 aromatic carbocycles. The van der Waals surface area contributed by atoms with Gasteiger partial charge in [-0.2, -0.15) is 0 Å². The minimum Gasteiger partial charge on any atom is -0.494 e. The number of amides is 2. The molecule has 0 aliphatic carbocycles. The van der Waals surface area contributed by atoms with Gasteiger partial charge in [0.1, 0.15) is 17.2 Å². The van der Waals surface area contributed by atoms with Crippen LogP contribution in [0, 0.1) is 0 Å². The molecular formula is C17H19N3O4. The van der Waals surface area contributed by atoms with E-state index >= 15 is 0 Å². The lowest BCUT2D eigenvalue weighted by Crippen LogP contribution is -2.47. The van der Waals surface area contributed by atoms with Crippen molar-refractivity contribution in [3.8, 4) is 11.5 Å². The van der Waals surface area contributed by atoms with E-state index in [4.69, 9.17) is 9.47 Å². The van der Waals surface area contributed by atoms with Crippen LogP contribution in [0.15, 0.2) is 48.7 Å². The van der Waals surface area contributed by atoms with Gasteiger partial charge < -0.3 is 9.47 Å². The Labute approximate surface area is 140 Å². The second-order valence-electron chi connectivity index (χ2n) is 4.82. The van der Waals surface area contributed by atoms with Crippen LogP contribution in [0.4, 0.5) is 0 Å². The summed E-state index contributed by atoms with van der Waals surface area (Å²) in [5, 5.41) is 0. The van der Waals surface area contributed by atoms with Crippen molar-refractivity contribution in [1.29, 1.82) is 0 Å². The third-order valence-corrected chi connectivity index (χ3v) is 3.01. The fraction of sp³-hybridized carbons (Fsp3) is 0.235. The number of carbonyl (C=O) groups is 2. The maximum atomic E-state index is 12.0. The number of rotatable bonds is 6. The first kappa shape index (κ1) is 17.3. The van der Waals surface area contributed by atoms with E-state index in [0.29, 0.717) is 12.4 Å². The molecule has 7 nitrogen and oxygen atoms in total. The molecule has 0 unspecified atom stereocenters. The second-order valence-corrected chi connectivity index (χ2v) is 4.82. The van der Waals surface area contributed by atoms with Gasteiger partial charge in [0.05, 0.1) is 6.61 Å². The molecule has 0 spiro atoms. The largest absolute Gasteiger partial charge is 0.494 e. The molecular weight excluding hydrogens is 310 g/mol. The molecule has 1 heterocycles. The van der Waals surface area contributed by atoms with E-state index in [1.54, 1.807) is 49.4 Å². The summed E-state index contributed by atoms with van der Waals surface area (Å²) in [6.07, 6.45) is 0.709. The van der Waals surface area contributed by atoms with Gasteiger partial charge >= 0.3 is 0 Å². The number of ether oxygens (including phenoxy) is 2. The van der Waals surface area contributed by atoms with Gasteiger partial charge in [-0.1, -0.05) is 6.07 Å². The van der Waals surface area contributed by atoms with E-state index in [1.807, 2.05) is 6.92 Å². The number of hydrazine groups is 1. The molecule has 0 radical (unpaired) electrons. The van der Waals surface area contributed by atoms with Crippen LogP contribution < -0.4 is 20.3 Å². The highest BCUT2D eigenvalue weighted by Gasteiger charge is 2.16. The van der Waals surface area contributed by atoms with E-state index in [1.165, 1.54) is 6.20 Å². The van der Waals surface area contributed by atoms with Crippen LogP contribution in [0.5, 0.6) is 11.5 Å². The van der Waals surface area contributed by atoms with Gasteiger partial charge in [0.25, 0.3) is 11.8 Å². The predicted molar refractivity (Wildman–Crippen MR) is 87.5 cm³/mol. The Hall–Kier alpha value is -3.09. The first-order valence-corrected chi connectivity index (χ1v) is 7.51. The van der Waals surface area contributed by atoms with Crippen LogP contribution >= 0.6 is 0 Å². The molecule has 24 heavy (non-hydrogen) atoms. The van der Waals surface area contributed by atoms with Crippen LogP contribution in [0.2, 0.25) is 0 Å². The van der Waals surface area contributed by atoms with Crippen molar-refractivity contribution in [1.82, 2.24) is 15.8 Å². The summed E-state index contributed by atoms with van der Waals surface area (Å²) < 4.78 is 10.8. The van der Waals surface area contributed by atoms with Gasteiger partial charge in [0.2, 0.25) is 0 Å². The second kappa shape index (κ2) is 8.52. The molecule has 1 atom stereocenters. The molecule has 1 aromatic heterocycles. The topological polar surface area (TPSA) is 89.5 Å². The minimum atomic E-state index is -0.785. The molecule has 0 aliphatic heterocycles. The van der Waals surface area contributed by atoms with E-state index in [0.717, 1.165) is 5.75 Å². The maximum Gasteiger partial charge on any atom is 0.288 e. The third-order valence-electron chi connectivity index (χ3n) is 3.01. The average molecular weight is 329 g/mol. The Morgan fingerprint density at radius 3 is 2.42 bits per heavy atom. The van der Waals surface area contributed by atoms with Gasteiger partial charge in [0, 0.05) is 6.20 Å². The zero-order chi connectivity index (χ0) is 17.4. The summed E-state index contributed by atoms with van der Waals surface area (Å²) in [6, 6.07) is 11.9. The van der Waals surface area contributed by atoms with Crippen LogP contribution in [-0.2, 0) is 4.79 Å². The molecule has 0 saturated carbocycles. The standard InChI is InChI=1S/C17H19N3O4/c1-3-23-13-7-9-14(10-8-13)24-12(2)16(21)19-20-17(22)15-6-4-5-11-18-15/h4-12H,3H2,1-2H3,(H,19,21)(H,20,22)/t12-/m1/s1. The lowest BCUT2D eigenvalue weighted by atomic mass is 10.3. The third kappa shape index (κ3) is 4.98. The van der Waals surface area contributed by atoms with Gasteiger partial charge in [-0.3, -0.25) is 25.4 Å². The van der Waals surface area contributed by atoms with Crippen molar-refractivity contribution in [3.63, 3.8) is 0 Å². The van der Waals surface area contributed by atoms with Crippen molar-refractivity contribution in [2.45, 2.75) is 20.0 Å². The summed E-state index contributed by atoms with van der Waals surface area (Å²) in [6.45, 7) is 4.06. The zero-order valence-electron chi connectivity index (χ0n) is 13.5. The average Bonchev–Trinajstić information content (AvgIpc) is 2.62. The zero-order valence-corrected chi connectivity index (χ0v) is 13.5. The first-order chi connectivity index (χ1) is 11.6. The van der Waals surface area contributed by atoms with Crippen molar-refractivity contribution in [3.05, 3.63) is 54.4 Å². The lowest BCUT2D eigenvalue weighted by molar-refractivity contribution is -0.128. The Morgan fingerprint density at radius 1 is 1.08 bits per heavy atom. The Balaban J connectivity index is 1.82. The van der Waals surface area contributed by atoms with Crippen LogP contribution in [0.25, 0.3) is 0 Å². The van der Waals surface area contributed by atoms with Crippen molar-refractivity contribution >= 4 is 11.8 Å². The number of carbonyl (C=O) groups excluding carboxylic acids is 2. The minimum absolute atomic E-state index is 0.206. The number of nitrogens with one attached hydrogen (secondary N) is 2. The van der Waals surface area contributed by atoms with Gasteiger partial charge in [-0.05, 0) is 50.2 Å². The number of hydrogen-bond donors (Lipinski definition) is 2. The SMILES string of the molecule is CCOc1ccc(O[C@H](C)C(=O)NNC(=O)c2ccccn2)cc1. The fourth-order valence-electron chi connectivity index (χ4n) is 1.82. The predicted octanol–water partition coefficient (Wildman–Crippen LogP) is 1.71. The molecule has 0 saturated heterocycles. The Morgan fingerprint density at radius 2 is 1.79 bits per heavy atom. The molecule has 2 N–H and O–H groups in total. The van der Waals surface area contributed by atoms with Crippen LogP contribution in [0.3, 0.4) is 0 Å². The summed E-state index contributed by atoms with van der Waals surface area (Å²) >= 11 is 0. The quantitative estimate of drug-likeness (QED) is 0.788. The number of hydrogen-bond acceptors (Lipinski definition) is 5. The highest BCUT2D eigenvalue weighted by molar-refractivity contribution is 5.94. The van der Waals surface area contributed by atoms with Gasteiger partial charge in [-0.25, -0.2) is 0 Å². The molecule has 7 heteroatoms. The fourth-order valence-corrected chi connectivity index (χ4v) is 1.82. The molecule has 126 valence electrons. The van der Waals surface area contributed by atoms with E-state index in [-0.39, 0.29) is 5.69 Å².